The quantitative estimate of drug-likeness (QED) is 0.723. The highest BCUT2D eigenvalue weighted by Crippen LogP contribution is 2.11. The third-order valence-corrected chi connectivity index (χ3v) is 3.00. The molecule has 1 aromatic rings. The first-order chi connectivity index (χ1) is 9.81. The average molecular weight is 296 g/mol. The van der Waals surface area contributed by atoms with Gasteiger partial charge in [-0.15, -0.1) is 0 Å². The Morgan fingerprint density at radius 2 is 2.19 bits per heavy atom. The Hall–Kier alpha value is -1.56. The highest BCUT2D eigenvalue weighted by Gasteiger charge is 2.18. The summed E-state index contributed by atoms with van der Waals surface area (Å²) in [4.78, 5) is 11.7. The van der Waals surface area contributed by atoms with Crippen LogP contribution in [0.5, 0.6) is 0 Å². The predicted molar refractivity (Wildman–Crippen MR) is 83.1 cm³/mol. The van der Waals surface area contributed by atoms with Gasteiger partial charge in [-0.2, -0.15) is 5.10 Å². The number of carbonyl (C=O) groups is 1. The fourth-order valence-electron chi connectivity index (χ4n) is 2.06. The molecule has 6 heteroatoms. The molecule has 1 rings (SSSR count). The zero-order chi connectivity index (χ0) is 15.9. The number of amides is 1. The Morgan fingerprint density at radius 3 is 2.71 bits per heavy atom. The van der Waals surface area contributed by atoms with Gasteiger partial charge >= 0.3 is 6.09 Å². The highest BCUT2D eigenvalue weighted by atomic mass is 16.6. The summed E-state index contributed by atoms with van der Waals surface area (Å²) in [5.41, 5.74) is 0.564. The third kappa shape index (κ3) is 7.13. The molecule has 21 heavy (non-hydrogen) atoms. The number of hydrogen-bond donors (Lipinski definition) is 3. The maximum Gasteiger partial charge on any atom is 0.407 e. The van der Waals surface area contributed by atoms with Crippen molar-refractivity contribution in [2.45, 2.75) is 65.1 Å². The summed E-state index contributed by atoms with van der Waals surface area (Å²) in [7, 11) is 0. The molecule has 0 saturated carbocycles. The van der Waals surface area contributed by atoms with Crippen LogP contribution >= 0.6 is 0 Å². The van der Waals surface area contributed by atoms with Gasteiger partial charge in [0.2, 0.25) is 0 Å². The Labute approximate surface area is 127 Å². The van der Waals surface area contributed by atoms with Crippen molar-refractivity contribution >= 4 is 6.09 Å². The minimum Gasteiger partial charge on any atom is -0.444 e. The van der Waals surface area contributed by atoms with Crippen LogP contribution in [0.1, 0.15) is 59.2 Å². The molecule has 0 fully saturated rings. The molecule has 0 aliphatic rings. The maximum atomic E-state index is 11.7. The molecular weight excluding hydrogens is 268 g/mol. The first kappa shape index (κ1) is 17.5. The molecule has 6 nitrogen and oxygen atoms in total. The topological polar surface area (TPSA) is 79.0 Å². The number of rotatable bonds is 7. The van der Waals surface area contributed by atoms with E-state index in [2.05, 4.69) is 34.7 Å². The molecule has 3 N–H and O–H groups in total. The van der Waals surface area contributed by atoms with Crippen LogP contribution in [0, 0.1) is 0 Å². The molecule has 0 radical (unpaired) electrons. The zero-order valence-electron chi connectivity index (χ0n) is 13.7. The summed E-state index contributed by atoms with van der Waals surface area (Å²) in [5, 5.41) is 13.2. The molecule has 0 aromatic carbocycles. The molecule has 0 aliphatic heterocycles. The van der Waals surface area contributed by atoms with Crippen molar-refractivity contribution in [1.82, 2.24) is 20.8 Å². The predicted octanol–water partition coefficient (Wildman–Crippen LogP) is 2.75. The normalized spacial score (nSPS) is 14.5. The number of alkyl carbamates (subject to hydrolysis) is 1. The van der Waals surface area contributed by atoms with Crippen LogP contribution in [0.25, 0.3) is 0 Å². The van der Waals surface area contributed by atoms with Gasteiger partial charge in [-0.3, -0.25) is 5.10 Å². The van der Waals surface area contributed by atoms with Crippen molar-refractivity contribution in [3.8, 4) is 0 Å². The second kappa shape index (κ2) is 8.02. The van der Waals surface area contributed by atoms with Gasteiger partial charge in [0.25, 0.3) is 0 Å². The lowest BCUT2D eigenvalue weighted by Crippen LogP contribution is -2.43. The number of carbonyl (C=O) groups excluding carboxylic acids is 1. The molecule has 1 aromatic heterocycles. The van der Waals surface area contributed by atoms with Crippen LogP contribution < -0.4 is 10.6 Å². The highest BCUT2D eigenvalue weighted by molar-refractivity contribution is 5.67. The summed E-state index contributed by atoms with van der Waals surface area (Å²) in [6.45, 7) is 10.3. The summed E-state index contributed by atoms with van der Waals surface area (Å²) < 4.78 is 5.25. The first-order valence-electron chi connectivity index (χ1n) is 7.54. The number of hydrogen-bond acceptors (Lipinski definition) is 4. The van der Waals surface area contributed by atoms with Crippen molar-refractivity contribution in [3.05, 3.63) is 18.0 Å². The lowest BCUT2D eigenvalue weighted by atomic mass is 10.1. The van der Waals surface area contributed by atoms with E-state index in [4.69, 9.17) is 4.74 Å². The lowest BCUT2D eigenvalue weighted by Gasteiger charge is -2.24. The van der Waals surface area contributed by atoms with Crippen LogP contribution in [0.4, 0.5) is 4.79 Å². The van der Waals surface area contributed by atoms with Crippen molar-refractivity contribution in [1.29, 1.82) is 0 Å². The fraction of sp³-hybridized carbons (Fsp3) is 0.733. The first-order valence-corrected chi connectivity index (χ1v) is 7.54. The van der Waals surface area contributed by atoms with Crippen LogP contribution in [-0.4, -0.2) is 34.5 Å². The largest absolute Gasteiger partial charge is 0.444 e. The van der Waals surface area contributed by atoms with E-state index in [1.165, 1.54) is 0 Å². The van der Waals surface area contributed by atoms with Crippen LogP contribution in [-0.2, 0) is 4.74 Å². The Bertz CT molecular complexity index is 412. The number of aromatic amines is 1. The van der Waals surface area contributed by atoms with Crippen LogP contribution in [0.15, 0.2) is 12.3 Å². The molecule has 0 spiro atoms. The molecule has 1 heterocycles. The minimum atomic E-state index is -0.471. The lowest BCUT2D eigenvalue weighted by molar-refractivity contribution is 0.0521. The summed E-state index contributed by atoms with van der Waals surface area (Å²) in [5.74, 6) is 0. The Kier molecular flexibility index (Phi) is 6.68. The van der Waals surface area contributed by atoms with E-state index in [1.54, 1.807) is 6.20 Å². The molecular formula is C15H28N4O2. The second-order valence-corrected chi connectivity index (χ2v) is 6.27. The third-order valence-electron chi connectivity index (χ3n) is 3.00. The van der Waals surface area contributed by atoms with Crippen molar-refractivity contribution in [2.75, 3.05) is 6.54 Å². The van der Waals surface area contributed by atoms with Gasteiger partial charge in [-0.05, 0) is 40.2 Å². The molecule has 0 saturated heterocycles. The van der Waals surface area contributed by atoms with E-state index in [9.17, 15) is 4.79 Å². The van der Waals surface area contributed by atoms with Gasteiger partial charge < -0.3 is 15.4 Å². The molecule has 0 bridgehead atoms. The monoisotopic (exact) mass is 296 g/mol. The maximum absolute atomic E-state index is 11.7. The molecule has 2 atom stereocenters. The number of aromatic nitrogens is 2. The number of ether oxygens (including phenoxy) is 1. The molecule has 1 amide bonds. The molecule has 120 valence electrons. The SMILES string of the molecule is CCCC(CNC(=O)OC(C)(C)C)NC(C)c1ccn[nH]1. The van der Waals surface area contributed by atoms with Gasteiger partial charge in [0.15, 0.2) is 0 Å². The van der Waals surface area contributed by atoms with E-state index < -0.39 is 5.60 Å². The van der Waals surface area contributed by atoms with Gasteiger partial charge in [0.05, 0.1) is 5.69 Å². The van der Waals surface area contributed by atoms with Crippen LogP contribution in [0.2, 0.25) is 0 Å². The second-order valence-electron chi connectivity index (χ2n) is 6.27. The number of nitrogens with one attached hydrogen (secondary N) is 3. The zero-order valence-corrected chi connectivity index (χ0v) is 13.7. The Morgan fingerprint density at radius 1 is 1.48 bits per heavy atom. The van der Waals surface area contributed by atoms with Crippen molar-refractivity contribution in [2.24, 2.45) is 0 Å². The van der Waals surface area contributed by atoms with Crippen molar-refractivity contribution < 1.29 is 9.53 Å². The van der Waals surface area contributed by atoms with E-state index in [0.717, 1.165) is 18.5 Å². The van der Waals surface area contributed by atoms with Gasteiger partial charge in [0, 0.05) is 24.8 Å². The minimum absolute atomic E-state index is 0.157. The molecule has 2 unspecified atom stereocenters. The van der Waals surface area contributed by atoms with Gasteiger partial charge in [-0.25, -0.2) is 4.79 Å². The standard InChI is InChI=1S/C15H28N4O2/c1-6-7-12(10-16-14(20)21-15(3,4)5)18-11(2)13-8-9-17-19-13/h8-9,11-12,18H,6-7,10H2,1-5H3,(H,16,20)(H,17,19). The summed E-state index contributed by atoms with van der Waals surface area (Å²) in [6.07, 6.45) is 3.39. The smallest absolute Gasteiger partial charge is 0.407 e. The van der Waals surface area contributed by atoms with E-state index >= 15 is 0 Å². The summed E-state index contributed by atoms with van der Waals surface area (Å²) >= 11 is 0. The summed E-state index contributed by atoms with van der Waals surface area (Å²) in [6, 6.07) is 2.30. The number of nitrogens with zero attached hydrogens (tertiary/aromatic N) is 1. The van der Waals surface area contributed by atoms with Crippen LogP contribution in [0.3, 0.4) is 0 Å². The molecule has 0 aliphatic carbocycles. The van der Waals surface area contributed by atoms with E-state index in [1.807, 2.05) is 26.8 Å². The number of H-pyrrole nitrogens is 1. The van der Waals surface area contributed by atoms with E-state index in [0.29, 0.717) is 6.54 Å². The Balaban J connectivity index is 2.44. The van der Waals surface area contributed by atoms with Gasteiger partial charge in [-0.1, -0.05) is 13.3 Å². The fourth-order valence-corrected chi connectivity index (χ4v) is 2.06. The van der Waals surface area contributed by atoms with Gasteiger partial charge in [0.1, 0.15) is 5.60 Å². The van der Waals surface area contributed by atoms with Crippen molar-refractivity contribution in [3.63, 3.8) is 0 Å². The average Bonchev–Trinajstić information content (AvgIpc) is 2.88. The van der Waals surface area contributed by atoms with E-state index in [-0.39, 0.29) is 18.2 Å².